The van der Waals surface area contributed by atoms with Gasteiger partial charge >= 0.3 is 0 Å². The van der Waals surface area contributed by atoms with Crippen molar-refractivity contribution in [3.8, 4) is 0 Å². The van der Waals surface area contributed by atoms with E-state index in [0.717, 1.165) is 0 Å². The fraction of sp³-hybridized carbons (Fsp3) is 0.545. The normalized spacial score (nSPS) is 22.7. The van der Waals surface area contributed by atoms with Crippen LogP contribution in [0.2, 0.25) is 5.28 Å². The lowest BCUT2D eigenvalue weighted by molar-refractivity contribution is -0.122. The highest BCUT2D eigenvalue weighted by atomic mass is 35.5. The molecule has 0 unspecified atom stereocenters. The lowest BCUT2D eigenvalue weighted by Crippen LogP contribution is -2.59. The minimum Gasteiger partial charge on any atom is -0.382 e. The van der Waals surface area contributed by atoms with Gasteiger partial charge in [-0.05, 0) is 25.4 Å². The molecule has 0 saturated heterocycles. The molecule has 7 heteroatoms. The van der Waals surface area contributed by atoms with Crippen LogP contribution in [0.15, 0.2) is 0 Å². The summed E-state index contributed by atoms with van der Waals surface area (Å²) in [5.74, 6) is 0.458. The first-order chi connectivity index (χ1) is 8.40. The maximum atomic E-state index is 12.2. The minimum atomic E-state index is -0.814. The number of nitrogens with one attached hydrogen (secondary N) is 1. The molecule has 1 aromatic heterocycles. The van der Waals surface area contributed by atoms with Crippen LogP contribution in [0.5, 0.6) is 0 Å². The van der Waals surface area contributed by atoms with Gasteiger partial charge in [0.1, 0.15) is 11.2 Å². The maximum Gasteiger partial charge on any atom is 0.252 e. The number of aromatic nitrogens is 2. The molecule has 18 heavy (non-hydrogen) atoms. The molecule has 0 aliphatic carbocycles. The van der Waals surface area contributed by atoms with Gasteiger partial charge in [0.15, 0.2) is 5.82 Å². The number of ether oxygens (including phenoxy) is 1. The molecule has 0 spiro atoms. The zero-order valence-corrected chi connectivity index (χ0v) is 11.5. The molecule has 0 bridgehead atoms. The number of rotatable bonds is 2. The van der Waals surface area contributed by atoms with Gasteiger partial charge in [0, 0.05) is 14.2 Å². The summed E-state index contributed by atoms with van der Waals surface area (Å²) in [6.45, 7) is 3.83. The van der Waals surface area contributed by atoms with Gasteiger partial charge in [-0.2, -0.15) is 4.98 Å². The number of carbonyl (C=O) groups excluding carboxylic acids is 1. The van der Waals surface area contributed by atoms with E-state index in [1.807, 2.05) is 0 Å². The van der Waals surface area contributed by atoms with Crippen molar-refractivity contribution in [3.05, 3.63) is 11.0 Å². The van der Waals surface area contributed by atoms with Crippen LogP contribution in [-0.2, 0) is 9.53 Å². The maximum absolute atomic E-state index is 12.2. The highest BCUT2D eigenvalue weighted by molar-refractivity contribution is 6.28. The second-order valence-corrected chi connectivity index (χ2v) is 4.83. The molecule has 0 aromatic carbocycles. The van der Waals surface area contributed by atoms with E-state index in [-0.39, 0.29) is 17.8 Å². The first-order valence-corrected chi connectivity index (χ1v) is 5.86. The molecule has 1 aliphatic rings. The molecular weight excluding hydrogens is 256 g/mol. The third-order valence-corrected chi connectivity index (χ3v) is 3.42. The Bertz CT molecular complexity index is 508. The van der Waals surface area contributed by atoms with Gasteiger partial charge in [-0.15, -0.1) is 0 Å². The Balaban J connectivity index is 2.56. The second kappa shape index (κ2) is 4.37. The summed E-state index contributed by atoms with van der Waals surface area (Å²) in [7, 11) is 3.35. The second-order valence-electron chi connectivity index (χ2n) is 4.50. The van der Waals surface area contributed by atoms with Crippen molar-refractivity contribution in [1.82, 2.24) is 9.97 Å². The number of anilines is 2. The van der Waals surface area contributed by atoms with Gasteiger partial charge in [0.05, 0.1) is 12.3 Å². The molecule has 2 heterocycles. The van der Waals surface area contributed by atoms with E-state index in [1.165, 1.54) is 0 Å². The summed E-state index contributed by atoms with van der Waals surface area (Å²) in [6.07, 6.45) is 0. The Hall–Kier alpha value is -1.40. The number of aryl methyl sites for hydroxylation is 1. The van der Waals surface area contributed by atoms with Gasteiger partial charge in [0.2, 0.25) is 5.28 Å². The van der Waals surface area contributed by atoms with Crippen LogP contribution in [0.3, 0.4) is 0 Å². The number of fused-ring (bicyclic) bond motifs is 1. The van der Waals surface area contributed by atoms with Gasteiger partial charge in [-0.3, -0.25) is 4.79 Å². The topological polar surface area (TPSA) is 67.3 Å². The summed E-state index contributed by atoms with van der Waals surface area (Å²) in [5, 5.41) is 2.98. The van der Waals surface area contributed by atoms with Crippen molar-refractivity contribution in [1.29, 1.82) is 0 Å². The standard InChI is InChI=1S/C11H15ClN4O2/c1-6-7-8(15-10(12)13-6)16(3)11(2,5-18-4)9(17)14-7/h5H2,1-4H3,(H,14,17)/t11-/m0/s1. The Morgan fingerprint density at radius 3 is 2.78 bits per heavy atom. The summed E-state index contributed by atoms with van der Waals surface area (Å²) in [5.41, 5.74) is 0.427. The Labute approximate surface area is 110 Å². The fourth-order valence-electron chi connectivity index (χ4n) is 1.99. The quantitative estimate of drug-likeness (QED) is 0.819. The van der Waals surface area contributed by atoms with Crippen molar-refractivity contribution >= 4 is 29.0 Å². The largest absolute Gasteiger partial charge is 0.382 e. The molecule has 1 aromatic rings. The van der Waals surface area contributed by atoms with Crippen LogP contribution in [-0.4, -0.2) is 42.2 Å². The van der Waals surface area contributed by atoms with Crippen LogP contribution < -0.4 is 10.2 Å². The Morgan fingerprint density at radius 1 is 1.50 bits per heavy atom. The first-order valence-electron chi connectivity index (χ1n) is 5.48. The predicted molar refractivity (Wildman–Crippen MR) is 69.1 cm³/mol. The molecule has 98 valence electrons. The van der Waals surface area contributed by atoms with Crippen LogP contribution in [0.1, 0.15) is 12.6 Å². The Morgan fingerprint density at radius 2 is 2.17 bits per heavy atom. The van der Waals surface area contributed by atoms with Crippen molar-refractivity contribution in [2.24, 2.45) is 0 Å². The van der Waals surface area contributed by atoms with Gasteiger partial charge in [-0.1, -0.05) is 0 Å². The summed E-state index contributed by atoms with van der Waals surface area (Å²) >= 11 is 5.86. The van der Waals surface area contributed by atoms with E-state index in [9.17, 15) is 4.79 Å². The lowest BCUT2D eigenvalue weighted by atomic mass is 9.97. The monoisotopic (exact) mass is 270 g/mol. The highest BCUT2D eigenvalue weighted by Gasteiger charge is 2.44. The fourth-order valence-corrected chi connectivity index (χ4v) is 2.20. The van der Waals surface area contributed by atoms with Crippen LogP contribution in [0.25, 0.3) is 0 Å². The summed E-state index contributed by atoms with van der Waals surface area (Å²) in [6, 6.07) is 0. The molecule has 0 saturated carbocycles. The van der Waals surface area contributed by atoms with Gasteiger partial charge in [-0.25, -0.2) is 4.98 Å². The number of carbonyl (C=O) groups is 1. The summed E-state index contributed by atoms with van der Waals surface area (Å²) in [4.78, 5) is 22.2. The highest BCUT2D eigenvalue weighted by Crippen LogP contribution is 2.36. The van der Waals surface area contributed by atoms with Crippen LogP contribution in [0.4, 0.5) is 11.5 Å². The Kier molecular flexibility index (Phi) is 3.16. The van der Waals surface area contributed by atoms with E-state index < -0.39 is 5.54 Å². The molecule has 1 N–H and O–H groups in total. The van der Waals surface area contributed by atoms with Crippen molar-refractivity contribution in [2.75, 3.05) is 31.0 Å². The third-order valence-electron chi connectivity index (χ3n) is 3.25. The van der Waals surface area contributed by atoms with Gasteiger partial charge in [0.25, 0.3) is 5.91 Å². The van der Waals surface area contributed by atoms with E-state index in [2.05, 4.69) is 15.3 Å². The molecule has 2 rings (SSSR count). The molecule has 0 fully saturated rings. The smallest absolute Gasteiger partial charge is 0.252 e. The molecule has 1 atom stereocenters. The average molecular weight is 271 g/mol. The first kappa shape index (κ1) is 13.0. The third kappa shape index (κ3) is 1.81. The van der Waals surface area contributed by atoms with E-state index in [4.69, 9.17) is 16.3 Å². The van der Waals surface area contributed by atoms with E-state index in [1.54, 1.807) is 32.9 Å². The molecule has 6 nitrogen and oxygen atoms in total. The average Bonchev–Trinajstić information content (AvgIpc) is 2.29. The predicted octanol–water partition coefficient (Wildman–Crippen LogP) is 1.23. The zero-order valence-electron chi connectivity index (χ0n) is 10.7. The molecular formula is C11H15ClN4O2. The number of amides is 1. The number of methoxy groups -OCH3 is 1. The number of hydrogen-bond acceptors (Lipinski definition) is 5. The summed E-state index contributed by atoms with van der Waals surface area (Å²) < 4.78 is 5.12. The van der Waals surface area contributed by atoms with Crippen LogP contribution in [0, 0.1) is 6.92 Å². The molecule has 1 amide bonds. The number of hydrogen-bond donors (Lipinski definition) is 1. The van der Waals surface area contributed by atoms with Crippen LogP contribution >= 0.6 is 11.6 Å². The van der Waals surface area contributed by atoms with E-state index in [0.29, 0.717) is 17.2 Å². The minimum absolute atomic E-state index is 0.145. The van der Waals surface area contributed by atoms with Crippen molar-refractivity contribution < 1.29 is 9.53 Å². The van der Waals surface area contributed by atoms with E-state index >= 15 is 0 Å². The van der Waals surface area contributed by atoms with Crippen molar-refractivity contribution in [3.63, 3.8) is 0 Å². The number of halogens is 1. The molecule has 1 aliphatic heterocycles. The zero-order chi connectivity index (χ0) is 13.5. The number of likely N-dealkylation sites (N-methyl/N-ethyl adjacent to an activating group) is 1. The SMILES string of the molecule is COC[C@@]1(C)C(=O)Nc2c(C)nc(Cl)nc2N1C. The molecule has 0 radical (unpaired) electrons. The van der Waals surface area contributed by atoms with Gasteiger partial charge < -0.3 is 15.0 Å². The van der Waals surface area contributed by atoms with Crippen molar-refractivity contribution in [2.45, 2.75) is 19.4 Å². The lowest BCUT2D eigenvalue weighted by Gasteiger charge is -2.42. The number of nitrogens with zero attached hydrogens (tertiary/aromatic N) is 3.